The molecule has 5 rings (SSSR count). The summed E-state index contributed by atoms with van der Waals surface area (Å²) in [5.74, 6) is 1.41. The van der Waals surface area contributed by atoms with Crippen LogP contribution in [0, 0.1) is 6.92 Å². The number of amides is 1. The van der Waals surface area contributed by atoms with Crippen molar-refractivity contribution in [1.82, 2.24) is 25.3 Å². The van der Waals surface area contributed by atoms with Crippen LogP contribution < -0.4 is 14.8 Å². The first-order chi connectivity index (χ1) is 20.6. The van der Waals surface area contributed by atoms with Gasteiger partial charge in [0.05, 0.1) is 23.3 Å². The van der Waals surface area contributed by atoms with Gasteiger partial charge in [0.1, 0.15) is 11.9 Å². The first-order valence-corrected chi connectivity index (χ1v) is 15.1. The molecule has 1 aliphatic carbocycles. The average Bonchev–Trinajstić information content (AvgIpc) is 2.99. The highest BCUT2D eigenvalue weighted by Crippen LogP contribution is 2.30. The zero-order valence-electron chi connectivity index (χ0n) is 23.7. The van der Waals surface area contributed by atoms with Crippen molar-refractivity contribution in [2.45, 2.75) is 56.6 Å². The second-order valence-electron chi connectivity index (χ2n) is 9.77. The number of hydrogen-bond acceptors (Lipinski definition) is 9. The number of ether oxygens (including phenoxy) is 2. The number of aromatic nitrogens is 4. The molecule has 0 bridgehead atoms. The van der Waals surface area contributed by atoms with E-state index in [0.717, 1.165) is 18.4 Å². The van der Waals surface area contributed by atoms with Crippen LogP contribution in [-0.2, 0) is 10.1 Å². The van der Waals surface area contributed by atoms with Crippen LogP contribution in [-0.4, -0.2) is 57.6 Å². The predicted molar refractivity (Wildman–Crippen MR) is 156 cm³/mol. The van der Waals surface area contributed by atoms with Crippen LogP contribution in [0.15, 0.2) is 78.3 Å². The van der Waals surface area contributed by atoms with Gasteiger partial charge in [0.25, 0.3) is 21.9 Å². The van der Waals surface area contributed by atoms with E-state index in [9.17, 15) is 17.6 Å². The highest BCUT2D eigenvalue weighted by atomic mass is 32.2. The van der Waals surface area contributed by atoms with Gasteiger partial charge >= 0.3 is 0 Å². The van der Waals surface area contributed by atoms with E-state index in [1.807, 2.05) is 13.8 Å². The lowest BCUT2D eigenvalue weighted by molar-refractivity contribution is 0.0912. The molecule has 13 heteroatoms. The molecule has 43 heavy (non-hydrogen) atoms. The molecule has 0 aliphatic heterocycles. The summed E-state index contributed by atoms with van der Waals surface area (Å²) in [4.78, 5) is 29.4. The van der Waals surface area contributed by atoms with E-state index in [-0.39, 0.29) is 16.8 Å². The first kappa shape index (κ1) is 31.4. The number of pyridine rings is 2. The second kappa shape index (κ2) is 14.6. The summed E-state index contributed by atoms with van der Waals surface area (Å²) in [5, 5.41) is 2.87. The van der Waals surface area contributed by atoms with Gasteiger partial charge in [-0.05, 0) is 69.9 Å². The molecule has 0 saturated heterocycles. The number of alkyl halides is 1. The Morgan fingerprint density at radius 1 is 1.07 bits per heavy atom. The molecular weight excluding hydrogens is 577 g/mol. The SMILES string of the molecule is CCOc1cccnc1Oc1cncc(-c2ncc(C(=O)N[C@@H]3CCC[C@@H](F)C3)cn2)c1.Cc1ccc(S(=O)(=O)O)cc1. The fourth-order valence-electron chi connectivity index (χ4n) is 4.26. The third-order valence-electron chi connectivity index (χ3n) is 6.40. The maximum absolute atomic E-state index is 13.6. The molecule has 1 fully saturated rings. The lowest BCUT2D eigenvalue weighted by atomic mass is 9.94. The Labute approximate surface area is 249 Å². The monoisotopic (exact) mass is 609 g/mol. The van der Waals surface area contributed by atoms with Crippen molar-refractivity contribution in [3.63, 3.8) is 0 Å². The van der Waals surface area contributed by atoms with Gasteiger partial charge < -0.3 is 14.8 Å². The van der Waals surface area contributed by atoms with Crippen molar-refractivity contribution in [2.75, 3.05) is 6.61 Å². The molecular formula is C30H32FN5O6S. The number of nitrogens with zero attached hydrogens (tertiary/aromatic N) is 4. The molecule has 1 amide bonds. The van der Waals surface area contributed by atoms with Crippen LogP contribution in [0.25, 0.3) is 11.4 Å². The minimum absolute atomic E-state index is 0.0666. The summed E-state index contributed by atoms with van der Waals surface area (Å²) in [6.07, 6.45) is 9.29. The quantitative estimate of drug-likeness (QED) is 0.249. The van der Waals surface area contributed by atoms with Crippen LogP contribution in [0.3, 0.4) is 0 Å². The van der Waals surface area contributed by atoms with Crippen molar-refractivity contribution in [2.24, 2.45) is 0 Å². The normalized spacial score (nSPS) is 16.4. The number of carbonyl (C=O) groups is 1. The number of aryl methyl sites for hydroxylation is 1. The van der Waals surface area contributed by atoms with E-state index in [1.165, 1.54) is 24.5 Å². The Bertz CT molecular complexity index is 1620. The summed E-state index contributed by atoms with van der Waals surface area (Å²) in [6, 6.07) is 11.1. The van der Waals surface area contributed by atoms with Crippen LogP contribution in [0.4, 0.5) is 4.39 Å². The van der Waals surface area contributed by atoms with E-state index >= 15 is 0 Å². The summed E-state index contributed by atoms with van der Waals surface area (Å²) >= 11 is 0. The number of rotatable bonds is 8. The topological polar surface area (TPSA) is 153 Å². The molecule has 0 spiro atoms. The Balaban J connectivity index is 0.000000324. The van der Waals surface area contributed by atoms with Gasteiger partial charge in [0.15, 0.2) is 11.6 Å². The van der Waals surface area contributed by atoms with Gasteiger partial charge in [0, 0.05) is 36.4 Å². The van der Waals surface area contributed by atoms with E-state index < -0.39 is 16.3 Å². The van der Waals surface area contributed by atoms with Crippen molar-refractivity contribution in [1.29, 1.82) is 0 Å². The van der Waals surface area contributed by atoms with E-state index in [4.69, 9.17) is 14.0 Å². The van der Waals surface area contributed by atoms with Gasteiger partial charge in [-0.3, -0.25) is 14.3 Å². The molecule has 2 atom stereocenters. The Hall–Kier alpha value is -4.49. The van der Waals surface area contributed by atoms with Crippen molar-refractivity contribution < 1.29 is 31.6 Å². The summed E-state index contributed by atoms with van der Waals surface area (Å²) < 4.78 is 54.5. The molecule has 0 radical (unpaired) electrons. The molecule has 1 aromatic carbocycles. The van der Waals surface area contributed by atoms with Gasteiger partial charge in [-0.15, -0.1) is 0 Å². The molecule has 11 nitrogen and oxygen atoms in total. The van der Waals surface area contributed by atoms with Crippen molar-refractivity contribution >= 4 is 16.0 Å². The minimum Gasteiger partial charge on any atom is -0.488 e. The fraction of sp³-hybridized carbons (Fsp3) is 0.300. The zero-order valence-corrected chi connectivity index (χ0v) is 24.5. The van der Waals surface area contributed by atoms with Crippen LogP contribution in [0.2, 0.25) is 0 Å². The van der Waals surface area contributed by atoms with Crippen molar-refractivity contribution in [3.8, 4) is 28.8 Å². The van der Waals surface area contributed by atoms with Crippen LogP contribution in [0.1, 0.15) is 48.5 Å². The number of carbonyl (C=O) groups excluding carboxylic acids is 1. The van der Waals surface area contributed by atoms with Gasteiger partial charge in [-0.1, -0.05) is 17.7 Å². The standard InChI is InChI=1S/C23H24FN5O3.C7H8O3S/c1-2-31-20-7-4-8-26-23(20)32-19-9-15(11-25-14-19)21-27-12-16(13-28-21)22(30)29-18-6-3-5-17(24)10-18;1-6-2-4-7(5-3-6)11(8,9)10/h4,7-9,11-14,17-18H,2-3,5-6,10H2,1H3,(H,29,30);2-5H,1H3,(H,8,9,10)/t17-,18-;/m1./s1. The highest BCUT2D eigenvalue weighted by Gasteiger charge is 2.23. The average molecular weight is 610 g/mol. The Kier molecular flexibility index (Phi) is 10.7. The molecule has 1 aliphatic rings. The summed E-state index contributed by atoms with van der Waals surface area (Å²) in [5.41, 5.74) is 1.90. The first-order valence-electron chi connectivity index (χ1n) is 13.6. The van der Waals surface area contributed by atoms with Crippen LogP contribution >= 0.6 is 0 Å². The van der Waals surface area contributed by atoms with Crippen LogP contribution in [0.5, 0.6) is 17.4 Å². The van der Waals surface area contributed by atoms with E-state index in [1.54, 1.807) is 48.9 Å². The predicted octanol–water partition coefficient (Wildman–Crippen LogP) is 5.38. The summed E-state index contributed by atoms with van der Waals surface area (Å²) in [7, 11) is -4.02. The third kappa shape index (κ3) is 9.25. The third-order valence-corrected chi connectivity index (χ3v) is 7.27. The van der Waals surface area contributed by atoms with Gasteiger partial charge in [0.2, 0.25) is 0 Å². The lowest BCUT2D eigenvalue weighted by Crippen LogP contribution is -2.39. The minimum atomic E-state index is -4.02. The molecule has 4 aromatic rings. The molecule has 2 N–H and O–H groups in total. The van der Waals surface area contributed by atoms with Gasteiger partial charge in [-0.2, -0.15) is 8.42 Å². The van der Waals surface area contributed by atoms with Crippen molar-refractivity contribution in [3.05, 3.63) is 84.6 Å². The Morgan fingerprint density at radius 3 is 2.49 bits per heavy atom. The fourth-order valence-corrected chi connectivity index (χ4v) is 4.74. The number of halogens is 1. The maximum Gasteiger partial charge on any atom is 0.294 e. The molecule has 3 aromatic heterocycles. The molecule has 0 unspecified atom stereocenters. The molecule has 1 saturated carbocycles. The largest absolute Gasteiger partial charge is 0.488 e. The second-order valence-corrected chi connectivity index (χ2v) is 11.2. The van der Waals surface area contributed by atoms with E-state index in [0.29, 0.717) is 53.8 Å². The molecule has 226 valence electrons. The molecule has 3 heterocycles. The lowest BCUT2D eigenvalue weighted by Gasteiger charge is -2.25. The Morgan fingerprint density at radius 2 is 1.81 bits per heavy atom. The number of benzene rings is 1. The summed E-state index contributed by atoms with van der Waals surface area (Å²) in [6.45, 7) is 4.21. The smallest absolute Gasteiger partial charge is 0.294 e. The zero-order chi connectivity index (χ0) is 30.8. The highest BCUT2D eigenvalue weighted by molar-refractivity contribution is 7.85. The number of nitrogens with one attached hydrogen (secondary N) is 1. The van der Waals surface area contributed by atoms with E-state index in [2.05, 4.69) is 25.3 Å². The maximum atomic E-state index is 13.6. The number of hydrogen-bond donors (Lipinski definition) is 2. The van der Waals surface area contributed by atoms with Gasteiger partial charge in [-0.25, -0.2) is 19.3 Å².